The highest BCUT2D eigenvalue weighted by molar-refractivity contribution is 5.86. The first-order valence-electron chi connectivity index (χ1n) is 11.4. The number of rotatable bonds is 9. The summed E-state index contributed by atoms with van der Waals surface area (Å²) in [7, 11) is 1.65. The highest BCUT2D eigenvalue weighted by atomic mass is 16.5. The van der Waals surface area contributed by atoms with E-state index in [1.165, 1.54) is 6.42 Å². The Morgan fingerprint density at radius 1 is 1.10 bits per heavy atom. The number of nitrogens with one attached hydrogen (secondary N) is 2. The van der Waals surface area contributed by atoms with Crippen LogP contribution in [0.2, 0.25) is 0 Å². The summed E-state index contributed by atoms with van der Waals surface area (Å²) in [6.45, 7) is 2.82. The zero-order chi connectivity index (χ0) is 21.3. The second-order valence-corrected chi connectivity index (χ2v) is 8.64. The van der Waals surface area contributed by atoms with Gasteiger partial charge in [-0.05, 0) is 50.6 Å². The third kappa shape index (κ3) is 6.29. The Kier molecular flexibility index (Phi) is 8.70. The molecule has 1 aromatic rings. The van der Waals surface area contributed by atoms with E-state index >= 15 is 0 Å². The van der Waals surface area contributed by atoms with Crippen molar-refractivity contribution in [3.63, 3.8) is 0 Å². The lowest BCUT2D eigenvalue weighted by Crippen LogP contribution is -2.51. The molecule has 6 nitrogen and oxygen atoms in total. The van der Waals surface area contributed by atoms with E-state index in [1.807, 2.05) is 37.3 Å². The number of benzene rings is 1. The van der Waals surface area contributed by atoms with Crippen LogP contribution in [0.15, 0.2) is 30.3 Å². The molecule has 4 atom stereocenters. The zero-order valence-corrected chi connectivity index (χ0v) is 18.3. The molecule has 0 unspecified atom stereocenters. The molecular weight excluding hydrogens is 380 g/mol. The average molecular weight is 417 g/mol. The molecule has 0 radical (unpaired) electrons. The van der Waals surface area contributed by atoms with Gasteiger partial charge in [0.2, 0.25) is 5.91 Å². The van der Waals surface area contributed by atoms with Gasteiger partial charge in [0, 0.05) is 19.6 Å². The van der Waals surface area contributed by atoms with E-state index in [4.69, 9.17) is 9.47 Å². The van der Waals surface area contributed by atoms with Gasteiger partial charge in [0.25, 0.3) is 0 Å². The maximum absolute atomic E-state index is 13.1. The smallest absolute Gasteiger partial charge is 0.329 e. The van der Waals surface area contributed by atoms with E-state index in [9.17, 15) is 9.59 Å². The number of hydrogen-bond donors (Lipinski definition) is 2. The quantitative estimate of drug-likeness (QED) is 0.605. The van der Waals surface area contributed by atoms with Crippen molar-refractivity contribution in [1.82, 2.24) is 10.6 Å². The summed E-state index contributed by atoms with van der Waals surface area (Å²) in [5.41, 5.74) is 0.997. The predicted molar refractivity (Wildman–Crippen MR) is 116 cm³/mol. The average Bonchev–Trinajstić information content (AvgIpc) is 3.29. The van der Waals surface area contributed by atoms with E-state index in [0.29, 0.717) is 6.42 Å². The van der Waals surface area contributed by atoms with Crippen molar-refractivity contribution in [3.05, 3.63) is 35.9 Å². The summed E-state index contributed by atoms with van der Waals surface area (Å²) >= 11 is 0. The van der Waals surface area contributed by atoms with E-state index in [2.05, 4.69) is 10.6 Å². The van der Waals surface area contributed by atoms with Crippen molar-refractivity contribution in [2.75, 3.05) is 13.7 Å². The molecule has 1 saturated heterocycles. The molecule has 166 valence electrons. The largest absolute Gasteiger partial charge is 0.461 e. The minimum atomic E-state index is -0.696. The standard InChI is InChI=1S/C24H36N2O4/c1-17(22(29-2)20-14-9-15-25-20)23(27)26-21(16-18-10-5-3-6-11-18)24(28)30-19-12-7-4-8-13-19/h3,5-6,10-11,17,19-22,25H,4,7-9,12-16H2,1-2H3,(H,26,27)/t17-,20+,21+,22-/m1/s1. The Hall–Kier alpha value is -1.92. The van der Waals surface area contributed by atoms with Crippen LogP contribution in [0.3, 0.4) is 0 Å². The van der Waals surface area contributed by atoms with Gasteiger partial charge in [-0.25, -0.2) is 4.79 Å². The number of carbonyl (C=O) groups excluding carboxylic acids is 2. The van der Waals surface area contributed by atoms with Crippen LogP contribution in [-0.4, -0.2) is 49.8 Å². The fraction of sp³-hybridized carbons (Fsp3) is 0.667. The number of amides is 1. The molecule has 3 rings (SSSR count). The van der Waals surface area contributed by atoms with Gasteiger partial charge in [-0.1, -0.05) is 43.7 Å². The van der Waals surface area contributed by atoms with Crippen molar-refractivity contribution in [1.29, 1.82) is 0 Å². The number of carbonyl (C=O) groups is 2. The number of hydrogen-bond acceptors (Lipinski definition) is 5. The second-order valence-electron chi connectivity index (χ2n) is 8.64. The summed E-state index contributed by atoms with van der Waals surface area (Å²) in [6.07, 6.45) is 7.45. The van der Waals surface area contributed by atoms with Crippen molar-refractivity contribution in [2.24, 2.45) is 5.92 Å². The van der Waals surface area contributed by atoms with Crippen molar-refractivity contribution >= 4 is 11.9 Å². The van der Waals surface area contributed by atoms with Gasteiger partial charge in [0.15, 0.2) is 0 Å². The van der Waals surface area contributed by atoms with Crippen LogP contribution in [0.1, 0.15) is 57.4 Å². The van der Waals surface area contributed by atoms with Crippen LogP contribution in [0.25, 0.3) is 0 Å². The SMILES string of the molecule is CO[C@@H]([C@@H]1CCCN1)[C@@H](C)C(=O)N[C@@H](Cc1ccccc1)C(=O)OC1CCCCC1. The van der Waals surface area contributed by atoms with Crippen LogP contribution >= 0.6 is 0 Å². The minimum Gasteiger partial charge on any atom is -0.461 e. The Bertz CT molecular complexity index is 669. The fourth-order valence-electron chi connectivity index (χ4n) is 4.63. The summed E-state index contributed by atoms with van der Waals surface area (Å²) in [5.74, 6) is -0.873. The molecule has 1 amide bonds. The lowest BCUT2D eigenvalue weighted by atomic mass is 9.94. The summed E-state index contributed by atoms with van der Waals surface area (Å²) in [4.78, 5) is 26.1. The number of methoxy groups -OCH3 is 1. The molecule has 1 aromatic carbocycles. The maximum Gasteiger partial charge on any atom is 0.329 e. The Labute approximate surface area is 180 Å². The molecule has 1 aliphatic carbocycles. The third-order valence-electron chi connectivity index (χ3n) is 6.39. The van der Waals surface area contributed by atoms with Gasteiger partial charge < -0.3 is 20.1 Å². The molecule has 6 heteroatoms. The second kappa shape index (κ2) is 11.5. The van der Waals surface area contributed by atoms with Crippen LogP contribution < -0.4 is 10.6 Å². The van der Waals surface area contributed by atoms with Gasteiger partial charge in [-0.15, -0.1) is 0 Å². The fourth-order valence-corrected chi connectivity index (χ4v) is 4.63. The first-order chi connectivity index (χ1) is 14.6. The Balaban J connectivity index is 1.66. The monoisotopic (exact) mass is 416 g/mol. The normalized spacial score (nSPS) is 22.8. The molecule has 1 aliphatic heterocycles. The molecule has 30 heavy (non-hydrogen) atoms. The van der Waals surface area contributed by atoms with Crippen molar-refractivity contribution in [3.8, 4) is 0 Å². The Morgan fingerprint density at radius 2 is 1.83 bits per heavy atom. The van der Waals surface area contributed by atoms with Gasteiger partial charge in [-0.2, -0.15) is 0 Å². The highest BCUT2D eigenvalue weighted by Crippen LogP contribution is 2.22. The van der Waals surface area contributed by atoms with Gasteiger partial charge in [0.05, 0.1) is 12.0 Å². The van der Waals surface area contributed by atoms with Crippen LogP contribution in [0, 0.1) is 5.92 Å². The summed E-state index contributed by atoms with van der Waals surface area (Å²) < 4.78 is 11.5. The third-order valence-corrected chi connectivity index (χ3v) is 6.39. The molecule has 0 bridgehead atoms. The van der Waals surface area contributed by atoms with E-state index < -0.39 is 6.04 Å². The highest BCUT2D eigenvalue weighted by Gasteiger charge is 2.35. The predicted octanol–water partition coefficient (Wildman–Crippen LogP) is 2.99. The zero-order valence-electron chi connectivity index (χ0n) is 18.3. The molecular formula is C24H36N2O4. The lowest BCUT2D eigenvalue weighted by Gasteiger charge is -2.29. The van der Waals surface area contributed by atoms with Crippen LogP contribution in [-0.2, 0) is 25.5 Å². The first-order valence-corrected chi connectivity index (χ1v) is 11.4. The molecule has 2 fully saturated rings. The van der Waals surface area contributed by atoms with E-state index in [-0.39, 0.29) is 36.0 Å². The van der Waals surface area contributed by atoms with Gasteiger partial charge >= 0.3 is 5.97 Å². The minimum absolute atomic E-state index is 0.0340. The number of esters is 1. The van der Waals surface area contributed by atoms with Crippen LogP contribution in [0.5, 0.6) is 0 Å². The topological polar surface area (TPSA) is 76.7 Å². The molecule has 2 aliphatic rings. The summed E-state index contributed by atoms with van der Waals surface area (Å²) in [6, 6.07) is 9.23. The molecule has 0 aromatic heterocycles. The van der Waals surface area contributed by atoms with Crippen LogP contribution in [0.4, 0.5) is 0 Å². The molecule has 0 spiro atoms. The lowest BCUT2D eigenvalue weighted by molar-refractivity contribution is -0.155. The van der Waals surface area contributed by atoms with E-state index in [0.717, 1.165) is 50.6 Å². The first kappa shape index (κ1) is 22.8. The summed E-state index contributed by atoms with van der Waals surface area (Å²) in [5, 5.41) is 6.39. The molecule has 1 heterocycles. The molecule has 2 N–H and O–H groups in total. The number of ether oxygens (including phenoxy) is 2. The Morgan fingerprint density at radius 3 is 2.47 bits per heavy atom. The van der Waals surface area contributed by atoms with Crippen molar-refractivity contribution in [2.45, 2.75) is 82.6 Å². The van der Waals surface area contributed by atoms with Gasteiger partial charge in [0.1, 0.15) is 12.1 Å². The maximum atomic E-state index is 13.1. The van der Waals surface area contributed by atoms with Gasteiger partial charge in [-0.3, -0.25) is 4.79 Å². The van der Waals surface area contributed by atoms with Crippen molar-refractivity contribution < 1.29 is 19.1 Å². The van der Waals surface area contributed by atoms with E-state index in [1.54, 1.807) is 7.11 Å². The molecule has 1 saturated carbocycles.